The highest BCUT2D eigenvalue weighted by atomic mass is 32.2. The van der Waals surface area contributed by atoms with Crippen molar-refractivity contribution in [2.24, 2.45) is 10.7 Å². The lowest BCUT2D eigenvalue weighted by molar-refractivity contribution is 0.712. The Kier molecular flexibility index (Phi) is 5.38. The smallest absolute Gasteiger partial charge is 0.0940 e. The SMILES string of the molecule is CCCC(N)=NC1CCCC1SCC. The highest BCUT2D eigenvalue weighted by molar-refractivity contribution is 7.99. The van der Waals surface area contributed by atoms with Crippen LogP contribution in [0.5, 0.6) is 0 Å². The lowest BCUT2D eigenvalue weighted by Gasteiger charge is -2.15. The van der Waals surface area contributed by atoms with E-state index in [1.165, 1.54) is 25.0 Å². The summed E-state index contributed by atoms with van der Waals surface area (Å²) in [5.74, 6) is 2.06. The van der Waals surface area contributed by atoms with Crippen molar-refractivity contribution in [2.45, 2.75) is 57.2 Å². The van der Waals surface area contributed by atoms with Gasteiger partial charge in [0.25, 0.3) is 0 Å². The molecule has 0 radical (unpaired) electrons. The maximum atomic E-state index is 5.86. The predicted octanol–water partition coefficient (Wildman–Crippen LogP) is 2.82. The molecular weight excluding hydrogens is 192 g/mol. The second kappa shape index (κ2) is 6.33. The molecular formula is C11H22N2S. The minimum Gasteiger partial charge on any atom is -0.387 e. The first kappa shape index (κ1) is 11.9. The summed E-state index contributed by atoms with van der Waals surface area (Å²) in [6, 6.07) is 0.506. The van der Waals surface area contributed by atoms with Gasteiger partial charge in [0, 0.05) is 11.7 Å². The second-order valence-corrected chi connectivity index (χ2v) is 5.38. The molecule has 1 aliphatic carbocycles. The van der Waals surface area contributed by atoms with Crippen LogP contribution in [0.15, 0.2) is 4.99 Å². The maximum absolute atomic E-state index is 5.86. The van der Waals surface area contributed by atoms with Gasteiger partial charge in [-0.05, 0) is 25.0 Å². The molecule has 2 nitrogen and oxygen atoms in total. The van der Waals surface area contributed by atoms with Gasteiger partial charge in [-0.15, -0.1) is 0 Å². The first-order valence-corrected chi connectivity index (χ1v) is 6.76. The number of rotatable bonds is 5. The summed E-state index contributed by atoms with van der Waals surface area (Å²) >= 11 is 2.04. The lowest BCUT2D eigenvalue weighted by Crippen LogP contribution is -2.20. The largest absolute Gasteiger partial charge is 0.387 e. The summed E-state index contributed by atoms with van der Waals surface area (Å²) in [4.78, 5) is 4.64. The zero-order valence-electron chi connectivity index (χ0n) is 9.33. The van der Waals surface area contributed by atoms with Crippen molar-refractivity contribution < 1.29 is 0 Å². The summed E-state index contributed by atoms with van der Waals surface area (Å²) in [7, 11) is 0. The van der Waals surface area contributed by atoms with Crippen molar-refractivity contribution in [3.8, 4) is 0 Å². The van der Waals surface area contributed by atoms with Gasteiger partial charge in [0.1, 0.15) is 0 Å². The van der Waals surface area contributed by atoms with Crippen LogP contribution >= 0.6 is 11.8 Å². The number of nitrogens with two attached hydrogens (primary N) is 1. The molecule has 2 atom stereocenters. The number of amidine groups is 1. The Hall–Kier alpha value is -0.180. The average molecular weight is 214 g/mol. The highest BCUT2D eigenvalue weighted by Gasteiger charge is 2.26. The van der Waals surface area contributed by atoms with E-state index in [0.717, 1.165) is 23.9 Å². The van der Waals surface area contributed by atoms with Gasteiger partial charge in [-0.25, -0.2) is 0 Å². The Labute approximate surface area is 91.7 Å². The van der Waals surface area contributed by atoms with Crippen LogP contribution in [0.25, 0.3) is 0 Å². The predicted molar refractivity (Wildman–Crippen MR) is 66.1 cm³/mol. The van der Waals surface area contributed by atoms with Crippen molar-refractivity contribution in [2.75, 3.05) is 5.75 Å². The fourth-order valence-electron chi connectivity index (χ4n) is 2.00. The van der Waals surface area contributed by atoms with Crippen LogP contribution in [-0.2, 0) is 0 Å². The quantitative estimate of drug-likeness (QED) is 0.564. The number of hydrogen-bond donors (Lipinski definition) is 1. The molecule has 0 aromatic rings. The normalized spacial score (nSPS) is 28.3. The van der Waals surface area contributed by atoms with Gasteiger partial charge in [0.05, 0.1) is 11.9 Å². The lowest BCUT2D eigenvalue weighted by atomic mass is 10.2. The molecule has 14 heavy (non-hydrogen) atoms. The molecule has 0 amide bonds. The molecule has 1 aliphatic rings. The van der Waals surface area contributed by atoms with Gasteiger partial charge < -0.3 is 5.73 Å². The van der Waals surface area contributed by atoms with Crippen molar-refractivity contribution in [1.29, 1.82) is 0 Å². The van der Waals surface area contributed by atoms with Gasteiger partial charge in [0.15, 0.2) is 0 Å². The molecule has 0 heterocycles. The Morgan fingerprint density at radius 3 is 2.86 bits per heavy atom. The van der Waals surface area contributed by atoms with E-state index in [-0.39, 0.29) is 0 Å². The van der Waals surface area contributed by atoms with Crippen molar-refractivity contribution in [1.82, 2.24) is 0 Å². The zero-order chi connectivity index (χ0) is 10.4. The van der Waals surface area contributed by atoms with Crippen LogP contribution in [0.1, 0.15) is 46.0 Å². The summed E-state index contributed by atoms with van der Waals surface area (Å²) in [5, 5.41) is 0.732. The van der Waals surface area contributed by atoms with Gasteiger partial charge in [-0.1, -0.05) is 20.3 Å². The fourth-order valence-corrected chi connectivity index (χ4v) is 3.18. The first-order valence-electron chi connectivity index (χ1n) is 5.71. The monoisotopic (exact) mass is 214 g/mol. The van der Waals surface area contributed by atoms with E-state index in [1.54, 1.807) is 0 Å². The second-order valence-electron chi connectivity index (χ2n) is 3.86. The molecule has 0 aromatic heterocycles. The van der Waals surface area contributed by atoms with E-state index in [4.69, 9.17) is 5.73 Å². The van der Waals surface area contributed by atoms with Gasteiger partial charge in [0.2, 0.25) is 0 Å². The third-order valence-corrected chi connectivity index (χ3v) is 3.95. The molecule has 0 bridgehead atoms. The number of hydrogen-bond acceptors (Lipinski definition) is 2. The van der Waals surface area contributed by atoms with E-state index in [0.29, 0.717) is 6.04 Å². The Morgan fingerprint density at radius 1 is 1.43 bits per heavy atom. The number of thioether (sulfide) groups is 1. The van der Waals surface area contributed by atoms with Crippen LogP contribution in [0.4, 0.5) is 0 Å². The Bertz CT molecular complexity index is 192. The topological polar surface area (TPSA) is 38.4 Å². The Morgan fingerprint density at radius 2 is 2.21 bits per heavy atom. The van der Waals surface area contributed by atoms with Crippen molar-refractivity contribution in [3.63, 3.8) is 0 Å². The van der Waals surface area contributed by atoms with Crippen molar-refractivity contribution >= 4 is 17.6 Å². The van der Waals surface area contributed by atoms with Crippen molar-refractivity contribution in [3.05, 3.63) is 0 Å². The maximum Gasteiger partial charge on any atom is 0.0940 e. The molecule has 2 N–H and O–H groups in total. The van der Waals surface area contributed by atoms with Crippen LogP contribution in [0.3, 0.4) is 0 Å². The van der Waals surface area contributed by atoms with Crippen LogP contribution in [0, 0.1) is 0 Å². The summed E-state index contributed by atoms with van der Waals surface area (Å²) in [6.07, 6.45) is 5.95. The van der Waals surface area contributed by atoms with Gasteiger partial charge >= 0.3 is 0 Å². The van der Waals surface area contributed by atoms with Crippen LogP contribution in [-0.4, -0.2) is 22.9 Å². The molecule has 0 saturated heterocycles. The Balaban J connectivity index is 2.45. The van der Waals surface area contributed by atoms with Crippen LogP contribution < -0.4 is 5.73 Å². The summed E-state index contributed by atoms with van der Waals surface area (Å²) in [6.45, 7) is 4.37. The van der Waals surface area contributed by atoms with Gasteiger partial charge in [-0.2, -0.15) is 11.8 Å². The number of aliphatic imine (C=N–C) groups is 1. The standard InChI is InChI=1S/C11H22N2S/c1-3-6-11(12)13-9-7-5-8-10(9)14-4-2/h9-10H,3-8H2,1-2H3,(H2,12,13). The summed E-state index contributed by atoms with van der Waals surface area (Å²) in [5.41, 5.74) is 5.86. The highest BCUT2D eigenvalue weighted by Crippen LogP contribution is 2.32. The van der Waals surface area contributed by atoms with E-state index in [9.17, 15) is 0 Å². The minimum atomic E-state index is 0.506. The van der Waals surface area contributed by atoms with Crippen LogP contribution in [0.2, 0.25) is 0 Å². The molecule has 0 aromatic carbocycles. The van der Waals surface area contributed by atoms with Gasteiger partial charge in [-0.3, -0.25) is 4.99 Å². The zero-order valence-corrected chi connectivity index (χ0v) is 10.1. The number of nitrogens with zero attached hydrogens (tertiary/aromatic N) is 1. The van der Waals surface area contributed by atoms with E-state index in [2.05, 4.69) is 18.8 Å². The molecule has 1 rings (SSSR count). The molecule has 0 aliphatic heterocycles. The molecule has 1 fully saturated rings. The molecule has 1 saturated carbocycles. The molecule has 82 valence electrons. The van der Waals surface area contributed by atoms with E-state index < -0.39 is 0 Å². The minimum absolute atomic E-state index is 0.506. The van der Waals surface area contributed by atoms with E-state index >= 15 is 0 Å². The molecule has 0 spiro atoms. The fraction of sp³-hybridized carbons (Fsp3) is 0.909. The third-order valence-electron chi connectivity index (χ3n) is 2.64. The molecule has 2 unspecified atom stereocenters. The van der Waals surface area contributed by atoms with E-state index in [1.807, 2.05) is 11.8 Å². The molecule has 3 heteroatoms. The average Bonchev–Trinajstić information content (AvgIpc) is 2.54. The first-order chi connectivity index (χ1) is 6.77. The summed E-state index contributed by atoms with van der Waals surface area (Å²) < 4.78 is 0. The third kappa shape index (κ3) is 3.52.